The Labute approximate surface area is 177 Å². The summed E-state index contributed by atoms with van der Waals surface area (Å²) in [5.41, 5.74) is 3.35. The zero-order chi connectivity index (χ0) is 22.2. The van der Waals surface area contributed by atoms with Crippen LogP contribution in [0.4, 0.5) is 0 Å². The largest absolute Gasteiger partial charge is 0.504 e. The Morgan fingerprint density at radius 1 is 0.806 bits per heavy atom. The first-order chi connectivity index (χ1) is 15.0. The first-order valence-electron chi connectivity index (χ1n) is 9.16. The third kappa shape index (κ3) is 5.48. The average molecular weight is 417 g/mol. The molecule has 0 spiro atoms. The number of hydrogen-bond acceptors (Lipinski definition) is 6. The second-order valence-electron chi connectivity index (χ2n) is 6.36. The summed E-state index contributed by atoms with van der Waals surface area (Å²) >= 11 is 0. The number of benzene rings is 3. The first-order valence-corrected chi connectivity index (χ1v) is 9.16. The predicted molar refractivity (Wildman–Crippen MR) is 116 cm³/mol. The van der Waals surface area contributed by atoms with Gasteiger partial charge in [-0.25, -0.2) is 5.43 Å². The van der Waals surface area contributed by atoms with Crippen molar-refractivity contribution in [1.29, 1.82) is 0 Å². The molecule has 0 aliphatic carbocycles. The van der Waals surface area contributed by atoms with E-state index in [4.69, 9.17) is 0 Å². The van der Waals surface area contributed by atoms with Crippen LogP contribution in [0.25, 0.3) is 6.08 Å². The van der Waals surface area contributed by atoms with Crippen molar-refractivity contribution >= 4 is 24.1 Å². The van der Waals surface area contributed by atoms with Gasteiger partial charge in [-0.05, 0) is 35.9 Å². The summed E-state index contributed by atoms with van der Waals surface area (Å²) in [5, 5.41) is 35.0. The quantitative estimate of drug-likeness (QED) is 0.182. The summed E-state index contributed by atoms with van der Waals surface area (Å²) in [6, 6.07) is 19.8. The Morgan fingerprint density at radius 2 is 1.45 bits per heavy atom. The lowest BCUT2D eigenvalue weighted by molar-refractivity contribution is -0.117. The molecule has 0 saturated heterocycles. The number of carbonyl (C=O) groups is 2. The van der Waals surface area contributed by atoms with Gasteiger partial charge in [0, 0.05) is 11.1 Å². The van der Waals surface area contributed by atoms with Gasteiger partial charge < -0.3 is 20.6 Å². The van der Waals surface area contributed by atoms with Crippen LogP contribution < -0.4 is 10.7 Å². The highest BCUT2D eigenvalue weighted by Crippen LogP contribution is 2.36. The minimum absolute atomic E-state index is 0.0463. The normalized spacial score (nSPS) is 11.3. The van der Waals surface area contributed by atoms with Crippen molar-refractivity contribution in [2.24, 2.45) is 5.10 Å². The lowest BCUT2D eigenvalue weighted by atomic mass is 10.1. The molecule has 8 heteroatoms. The molecule has 2 amide bonds. The molecule has 5 N–H and O–H groups in total. The number of amides is 2. The molecule has 8 nitrogen and oxygen atoms in total. The lowest BCUT2D eigenvalue weighted by Crippen LogP contribution is -2.32. The number of hydrazone groups is 1. The Balaban J connectivity index is 1.80. The minimum atomic E-state index is -0.702. The van der Waals surface area contributed by atoms with Crippen LogP contribution in [-0.4, -0.2) is 33.3 Å². The average Bonchev–Trinajstić information content (AvgIpc) is 2.79. The van der Waals surface area contributed by atoms with Crippen molar-refractivity contribution in [2.75, 3.05) is 0 Å². The van der Waals surface area contributed by atoms with E-state index in [9.17, 15) is 24.9 Å². The van der Waals surface area contributed by atoms with E-state index in [-0.39, 0.29) is 11.3 Å². The second-order valence-corrected chi connectivity index (χ2v) is 6.36. The number of hydrogen-bond donors (Lipinski definition) is 5. The third-order valence-electron chi connectivity index (χ3n) is 4.17. The van der Waals surface area contributed by atoms with E-state index in [1.54, 1.807) is 54.6 Å². The van der Waals surface area contributed by atoms with E-state index < -0.39 is 29.1 Å². The maximum absolute atomic E-state index is 12.7. The van der Waals surface area contributed by atoms with Gasteiger partial charge in [0.15, 0.2) is 11.5 Å². The van der Waals surface area contributed by atoms with Crippen LogP contribution in [-0.2, 0) is 4.79 Å². The summed E-state index contributed by atoms with van der Waals surface area (Å²) in [7, 11) is 0. The Kier molecular flexibility index (Phi) is 6.64. The molecule has 156 valence electrons. The maximum Gasteiger partial charge on any atom is 0.287 e. The standard InChI is InChI=1S/C23H19N3O5/c27-19-12-11-17(20(28)21(19)29)14-24-26-23(31)18(13-15-7-3-1-4-8-15)25-22(30)16-9-5-2-6-10-16/h1-14,27-29H,(H,25,30)(H,26,31). The fourth-order valence-corrected chi connectivity index (χ4v) is 2.57. The molecule has 0 aliphatic heterocycles. The molecular weight excluding hydrogens is 398 g/mol. The number of nitrogens with zero attached hydrogens (tertiary/aromatic N) is 1. The fraction of sp³-hybridized carbons (Fsp3) is 0. The summed E-state index contributed by atoms with van der Waals surface area (Å²) in [4.78, 5) is 25.2. The summed E-state index contributed by atoms with van der Waals surface area (Å²) in [5.74, 6) is -2.95. The van der Waals surface area contributed by atoms with E-state index in [2.05, 4.69) is 15.8 Å². The highest BCUT2D eigenvalue weighted by atomic mass is 16.3. The van der Waals surface area contributed by atoms with Crippen LogP contribution in [0.2, 0.25) is 0 Å². The monoisotopic (exact) mass is 417 g/mol. The molecule has 3 aromatic rings. The van der Waals surface area contributed by atoms with Gasteiger partial charge in [-0.2, -0.15) is 5.10 Å². The number of nitrogens with one attached hydrogen (secondary N) is 2. The molecule has 0 atom stereocenters. The zero-order valence-electron chi connectivity index (χ0n) is 16.2. The predicted octanol–water partition coefficient (Wildman–Crippen LogP) is 2.72. The SMILES string of the molecule is O=C(NN=Cc1ccc(O)c(O)c1O)C(=Cc1ccccc1)NC(=O)c1ccccc1. The molecule has 0 saturated carbocycles. The third-order valence-corrected chi connectivity index (χ3v) is 4.17. The zero-order valence-corrected chi connectivity index (χ0v) is 16.2. The topological polar surface area (TPSA) is 131 Å². The maximum atomic E-state index is 12.7. The van der Waals surface area contributed by atoms with E-state index in [0.29, 0.717) is 11.1 Å². The van der Waals surface area contributed by atoms with Gasteiger partial charge in [0.1, 0.15) is 5.70 Å². The van der Waals surface area contributed by atoms with Gasteiger partial charge in [0.25, 0.3) is 11.8 Å². The van der Waals surface area contributed by atoms with Crippen LogP contribution >= 0.6 is 0 Å². The van der Waals surface area contributed by atoms with Crippen LogP contribution in [0, 0.1) is 0 Å². The van der Waals surface area contributed by atoms with Crippen molar-refractivity contribution in [3.05, 3.63) is 95.2 Å². The van der Waals surface area contributed by atoms with Gasteiger partial charge >= 0.3 is 0 Å². The van der Waals surface area contributed by atoms with Crippen LogP contribution in [0.15, 0.2) is 83.6 Å². The lowest BCUT2D eigenvalue weighted by Gasteiger charge is -2.09. The Hall–Kier alpha value is -4.59. The molecule has 0 aromatic heterocycles. The summed E-state index contributed by atoms with van der Waals surface area (Å²) in [6.07, 6.45) is 2.58. The van der Waals surface area contributed by atoms with Crippen LogP contribution in [0.5, 0.6) is 17.2 Å². The number of aromatic hydroxyl groups is 3. The highest BCUT2D eigenvalue weighted by Gasteiger charge is 2.14. The molecule has 0 heterocycles. The molecule has 0 bridgehead atoms. The fourth-order valence-electron chi connectivity index (χ4n) is 2.57. The van der Waals surface area contributed by atoms with Gasteiger partial charge in [-0.15, -0.1) is 0 Å². The highest BCUT2D eigenvalue weighted by molar-refractivity contribution is 6.05. The van der Waals surface area contributed by atoms with Crippen molar-refractivity contribution in [3.63, 3.8) is 0 Å². The van der Waals surface area contributed by atoms with E-state index in [1.165, 1.54) is 18.2 Å². The van der Waals surface area contributed by atoms with Crippen molar-refractivity contribution in [2.45, 2.75) is 0 Å². The molecule has 31 heavy (non-hydrogen) atoms. The van der Waals surface area contributed by atoms with Gasteiger partial charge in [-0.1, -0.05) is 48.5 Å². The number of phenolic OH excluding ortho intramolecular Hbond substituents is 3. The molecule has 0 radical (unpaired) electrons. The smallest absolute Gasteiger partial charge is 0.287 e. The molecule has 0 unspecified atom stereocenters. The summed E-state index contributed by atoms with van der Waals surface area (Å²) < 4.78 is 0. The van der Waals surface area contributed by atoms with Crippen molar-refractivity contribution in [3.8, 4) is 17.2 Å². The Bertz CT molecular complexity index is 1140. The molecular formula is C23H19N3O5. The number of rotatable bonds is 6. The number of carbonyl (C=O) groups excluding carboxylic acids is 2. The van der Waals surface area contributed by atoms with Crippen LogP contribution in [0.1, 0.15) is 21.5 Å². The summed E-state index contributed by atoms with van der Waals surface area (Å²) in [6.45, 7) is 0. The first kappa shape index (κ1) is 21.1. The number of phenols is 3. The van der Waals surface area contributed by atoms with E-state index in [1.807, 2.05) is 6.07 Å². The molecule has 3 rings (SSSR count). The van der Waals surface area contributed by atoms with Gasteiger partial charge in [-0.3, -0.25) is 9.59 Å². The van der Waals surface area contributed by atoms with E-state index >= 15 is 0 Å². The minimum Gasteiger partial charge on any atom is -0.504 e. The van der Waals surface area contributed by atoms with Crippen molar-refractivity contribution in [1.82, 2.24) is 10.7 Å². The van der Waals surface area contributed by atoms with Crippen molar-refractivity contribution < 1.29 is 24.9 Å². The van der Waals surface area contributed by atoms with Gasteiger partial charge in [0.2, 0.25) is 5.75 Å². The second kappa shape index (κ2) is 9.75. The Morgan fingerprint density at radius 3 is 2.13 bits per heavy atom. The molecule has 3 aromatic carbocycles. The van der Waals surface area contributed by atoms with E-state index in [0.717, 1.165) is 6.21 Å². The molecule has 0 aliphatic rings. The van der Waals surface area contributed by atoms with Crippen LogP contribution in [0.3, 0.4) is 0 Å². The molecule has 0 fully saturated rings. The van der Waals surface area contributed by atoms with Gasteiger partial charge in [0.05, 0.1) is 6.21 Å².